The van der Waals surface area contributed by atoms with Gasteiger partial charge in [-0.2, -0.15) is 0 Å². The van der Waals surface area contributed by atoms with Crippen molar-refractivity contribution < 1.29 is 18.3 Å². The number of hydrogen-bond donors (Lipinski definition) is 2. The largest absolute Gasteiger partial charge is 0.477 e. The number of aryl methyl sites for hydroxylation is 2. The van der Waals surface area contributed by atoms with Crippen molar-refractivity contribution in [3.63, 3.8) is 0 Å². The summed E-state index contributed by atoms with van der Waals surface area (Å²) in [5.74, 6) is -1.12. The van der Waals surface area contributed by atoms with Crippen LogP contribution in [0.15, 0.2) is 28.5 Å². The van der Waals surface area contributed by atoms with Gasteiger partial charge in [-0.25, -0.2) is 13.2 Å². The number of sulfonamides is 1. The number of anilines is 1. The van der Waals surface area contributed by atoms with Crippen LogP contribution in [0.25, 0.3) is 0 Å². The Kier molecular flexibility index (Phi) is 4.06. The fraction of sp³-hybridized carbons (Fsp3) is 0.214. The zero-order chi connectivity index (χ0) is 15.8. The van der Waals surface area contributed by atoms with Crippen molar-refractivity contribution in [3.8, 4) is 0 Å². The molecule has 0 fully saturated rings. The average Bonchev–Trinajstić information content (AvgIpc) is 2.78. The van der Waals surface area contributed by atoms with E-state index in [-0.39, 0.29) is 9.09 Å². The first kappa shape index (κ1) is 15.5. The lowest BCUT2D eigenvalue weighted by Crippen LogP contribution is -2.12. The van der Waals surface area contributed by atoms with Crippen LogP contribution in [0.2, 0.25) is 0 Å². The third kappa shape index (κ3) is 3.08. The second kappa shape index (κ2) is 5.50. The Hall–Kier alpha value is -1.86. The first-order chi connectivity index (χ1) is 9.72. The molecule has 0 unspecified atom stereocenters. The Morgan fingerprint density at radius 2 is 1.86 bits per heavy atom. The highest BCUT2D eigenvalue weighted by Crippen LogP contribution is 2.29. The zero-order valence-electron chi connectivity index (χ0n) is 11.8. The van der Waals surface area contributed by atoms with Crippen molar-refractivity contribution in [2.75, 3.05) is 4.72 Å². The summed E-state index contributed by atoms with van der Waals surface area (Å²) < 4.78 is 27.2. The lowest BCUT2D eigenvalue weighted by molar-refractivity contribution is 0.0701. The first-order valence-electron chi connectivity index (χ1n) is 6.15. The predicted molar refractivity (Wildman–Crippen MR) is 82.7 cm³/mol. The molecule has 0 saturated carbocycles. The molecule has 0 amide bonds. The van der Waals surface area contributed by atoms with E-state index in [0.29, 0.717) is 11.3 Å². The molecule has 7 heteroatoms. The van der Waals surface area contributed by atoms with Gasteiger partial charge >= 0.3 is 5.97 Å². The quantitative estimate of drug-likeness (QED) is 0.904. The van der Waals surface area contributed by atoms with E-state index in [1.54, 1.807) is 19.1 Å². The van der Waals surface area contributed by atoms with Crippen LogP contribution < -0.4 is 4.72 Å². The predicted octanol–water partition coefficient (Wildman–Crippen LogP) is 3.17. The highest BCUT2D eigenvalue weighted by Gasteiger charge is 2.22. The SMILES string of the molecule is Cc1cc(S(=O)(=O)Nc2cccc(C)c2C)sc1C(=O)O. The maximum Gasteiger partial charge on any atom is 0.346 e. The second-order valence-corrected chi connectivity index (χ2v) is 7.70. The molecule has 0 aliphatic rings. The molecule has 112 valence electrons. The molecule has 0 saturated heterocycles. The highest BCUT2D eigenvalue weighted by atomic mass is 32.2. The summed E-state index contributed by atoms with van der Waals surface area (Å²) in [4.78, 5) is 11.1. The lowest BCUT2D eigenvalue weighted by atomic mass is 10.1. The number of carbonyl (C=O) groups is 1. The van der Waals surface area contributed by atoms with Gasteiger partial charge in [0.05, 0.1) is 5.69 Å². The first-order valence-corrected chi connectivity index (χ1v) is 8.45. The minimum atomic E-state index is -3.78. The van der Waals surface area contributed by atoms with E-state index in [9.17, 15) is 13.2 Å². The topological polar surface area (TPSA) is 83.5 Å². The van der Waals surface area contributed by atoms with Gasteiger partial charge < -0.3 is 5.11 Å². The van der Waals surface area contributed by atoms with E-state index in [1.165, 1.54) is 6.07 Å². The van der Waals surface area contributed by atoms with Crippen LogP contribution in [-0.4, -0.2) is 19.5 Å². The molecule has 2 aromatic rings. The molecule has 0 aliphatic heterocycles. The summed E-state index contributed by atoms with van der Waals surface area (Å²) in [6.45, 7) is 5.30. The normalized spacial score (nSPS) is 11.4. The fourth-order valence-corrected chi connectivity index (χ4v) is 4.36. The molecular weight excluding hydrogens is 310 g/mol. The highest BCUT2D eigenvalue weighted by molar-refractivity contribution is 7.94. The van der Waals surface area contributed by atoms with E-state index in [2.05, 4.69) is 4.72 Å². The summed E-state index contributed by atoms with van der Waals surface area (Å²) in [5, 5.41) is 9.01. The Morgan fingerprint density at radius 1 is 1.19 bits per heavy atom. The van der Waals surface area contributed by atoms with Gasteiger partial charge in [0.25, 0.3) is 10.0 Å². The molecule has 0 atom stereocenters. The number of carboxylic acid groups (broad SMARTS) is 1. The van der Waals surface area contributed by atoms with Crippen LogP contribution in [0.5, 0.6) is 0 Å². The van der Waals surface area contributed by atoms with Gasteiger partial charge in [-0.1, -0.05) is 12.1 Å². The van der Waals surface area contributed by atoms with Crippen LogP contribution in [0.3, 0.4) is 0 Å². The number of carboxylic acids is 1. The molecule has 0 radical (unpaired) electrons. The standard InChI is InChI=1S/C14H15NO4S2/c1-8-5-4-6-11(10(8)3)15-21(18,19)12-7-9(2)13(20-12)14(16)17/h4-7,15H,1-3H3,(H,16,17). The van der Waals surface area contributed by atoms with Crippen LogP contribution in [-0.2, 0) is 10.0 Å². The molecular formula is C14H15NO4S2. The van der Waals surface area contributed by atoms with Gasteiger partial charge in [0, 0.05) is 0 Å². The van der Waals surface area contributed by atoms with Gasteiger partial charge in [-0.05, 0) is 49.6 Å². The number of hydrogen-bond acceptors (Lipinski definition) is 4. The maximum atomic E-state index is 12.4. The summed E-state index contributed by atoms with van der Waals surface area (Å²) in [6, 6.07) is 6.72. The van der Waals surface area contributed by atoms with E-state index < -0.39 is 16.0 Å². The van der Waals surface area contributed by atoms with Crippen LogP contribution in [0.1, 0.15) is 26.4 Å². The van der Waals surface area contributed by atoms with Crippen LogP contribution >= 0.6 is 11.3 Å². The van der Waals surface area contributed by atoms with Gasteiger partial charge in [0.2, 0.25) is 0 Å². The number of aromatic carboxylic acids is 1. The third-order valence-corrected chi connectivity index (χ3v) is 6.27. The van der Waals surface area contributed by atoms with E-state index in [4.69, 9.17) is 5.11 Å². The van der Waals surface area contributed by atoms with E-state index >= 15 is 0 Å². The summed E-state index contributed by atoms with van der Waals surface area (Å²) in [7, 11) is -3.78. The van der Waals surface area contributed by atoms with Crippen molar-refractivity contribution in [3.05, 3.63) is 45.8 Å². The molecule has 0 spiro atoms. The average molecular weight is 325 g/mol. The molecule has 2 rings (SSSR count). The van der Waals surface area contributed by atoms with Gasteiger partial charge in [0.15, 0.2) is 0 Å². The molecule has 1 aromatic heterocycles. The molecule has 0 bridgehead atoms. The number of rotatable bonds is 4. The molecule has 1 aromatic carbocycles. The molecule has 2 N–H and O–H groups in total. The number of nitrogens with one attached hydrogen (secondary N) is 1. The Balaban J connectivity index is 2.41. The van der Waals surface area contributed by atoms with E-state index in [1.807, 2.05) is 19.9 Å². The van der Waals surface area contributed by atoms with Gasteiger partial charge in [-0.15, -0.1) is 11.3 Å². The molecule has 21 heavy (non-hydrogen) atoms. The summed E-state index contributed by atoms with van der Waals surface area (Å²) >= 11 is 0.754. The van der Waals surface area contributed by atoms with Gasteiger partial charge in [-0.3, -0.25) is 4.72 Å². The van der Waals surface area contributed by atoms with Crippen molar-refractivity contribution in [1.29, 1.82) is 0 Å². The summed E-state index contributed by atoms with van der Waals surface area (Å²) in [5.41, 5.74) is 2.75. The Morgan fingerprint density at radius 3 is 2.43 bits per heavy atom. The van der Waals surface area contributed by atoms with Crippen molar-refractivity contribution in [2.45, 2.75) is 25.0 Å². The Bertz CT molecular complexity index is 806. The van der Waals surface area contributed by atoms with Gasteiger partial charge in [0.1, 0.15) is 9.09 Å². The van der Waals surface area contributed by atoms with Crippen molar-refractivity contribution in [2.24, 2.45) is 0 Å². The third-order valence-electron chi connectivity index (χ3n) is 3.20. The minimum absolute atomic E-state index is 0.00157. The monoisotopic (exact) mass is 325 g/mol. The fourth-order valence-electron chi connectivity index (χ4n) is 1.85. The zero-order valence-corrected chi connectivity index (χ0v) is 13.4. The summed E-state index contributed by atoms with van der Waals surface area (Å²) in [6.07, 6.45) is 0. The van der Waals surface area contributed by atoms with Crippen molar-refractivity contribution in [1.82, 2.24) is 0 Å². The lowest BCUT2D eigenvalue weighted by Gasteiger charge is -2.10. The molecule has 0 aliphatic carbocycles. The second-order valence-electron chi connectivity index (χ2n) is 4.74. The smallest absolute Gasteiger partial charge is 0.346 e. The van der Waals surface area contributed by atoms with Crippen LogP contribution in [0.4, 0.5) is 5.69 Å². The Labute approximate surface area is 127 Å². The number of benzene rings is 1. The molecule has 5 nitrogen and oxygen atoms in total. The van der Waals surface area contributed by atoms with Crippen LogP contribution in [0, 0.1) is 20.8 Å². The number of thiophene rings is 1. The minimum Gasteiger partial charge on any atom is -0.477 e. The van der Waals surface area contributed by atoms with E-state index in [0.717, 1.165) is 22.5 Å². The van der Waals surface area contributed by atoms with Crippen molar-refractivity contribution >= 4 is 33.0 Å². The molecule has 1 heterocycles. The maximum absolute atomic E-state index is 12.4.